The summed E-state index contributed by atoms with van der Waals surface area (Å²) in [6.07, 6.45) is 5.69. The fraction of sp³-hybridized carbons (Fsp3) is 0.308. The molecule has 0 saturated carbocycles. The Bertz CT molecular complexity index is 1170. The summed E-state index contributed by atoms with van der Waals surface area (Å²) >= 11 is 0. The van der Waals surface area contributed by atoms with Crippen LogP contribution < -0.4 is 9.47 Å². The van der Waals surface area contributed by atoms with Crippen LogP contribution >= 0.6 is 0 Å². The van der Waals surface area contributed by atoms with Crippen molar-refractivity contribution in [1.82, 2.24) is 0 Å². The van der Waals surface area contributed by atoms with Gasteiger partial charge in [0.25, 0.3) is 0 Å². The van der Waals surface area contributed by atoms with Crippen LogP contribution in [0.25, 0.3) is 22.3 Å². The van der Waals surface area contributed by atoms with Crippen molar-refractivity contribution >= 4 is 11.0 Å². The molecule has 0 radical (unpaired) electrons. The van der Waals surface area contributed by atoms with Crippen molar-refractivity contribution in [2.24, 2.45) is 0 Å². The highest BCUT2D eigenvalue weighted by Gasteiger charge is 2.27. The number of methoxy groups -OCH3 is 1. The van der Waals surface area contributed by atoms with E-state index < -0.39 is 0 Å². The summed E-state index contributed by atoms with van der Waals surface area (Å²) in [4.78, 5) is 0. The smallest absolute Gasteiger partial charge is 0.145 e. The van der Waals surface area contributed by atoms with Crippen LogP contribution in [0.2, 0.25) is 0 Å². The lowest BCUT2D eigenvalue weighted by Crippen LogP contribution is -2.04. The number of fused-ring (bicyclic) bond motifs is 5. The molecule has 4 nitrogen and oxygen atoms in total. The molecule has 4 rings (SSSR count). The van der Waals surface area contributed by atoms with Gasteiger partial charge in [-0.05, 0) is 64.3 Å². The molecule has 156 valence electrons. The first-order valence-electron chi connectivity index (χ1n) is 10.3. The van der Waals surface area contributed by atoms with Crippen molar-refractivity contribution < 1.29 is 19.0 Å². The molecule has 4 heteroatoms. The molecule has 0 aliphatic carbocycles. The highest BCUT2D eigenvalue weighted by atomic mass is 16.5. The lowest BCUT2D eigenvalue weighted by molar-refractivity contribution is 0.298. The molecular formula is C26H28O4. The second kappa shape index (κ2) is 7.94. The van der Waals surface area contributed by atoms with Crippen molar-refractivity contribution in [2.75, 3.05) is 7.11 Å². The van der Waals surface area contributed by atoms with Crippen LogP contribution in [-0.2, 0) is 19.4 Å². The number of rotatable bonds is 5. The van der Waals surface area contributed by atoms with Crippen LogP contribution in [0, 0.1) is 0 Å². The second-order valence-corrected chi connectivity index (χ2v) is 8.27. The van der Waals surface area contributed by atoms with E-state index in [1.54, 1.807) is 13.2 Å². The summed E-state index contributed by atoms with van der Waals surface area (Å²) in [6.45, 7) is 8.69. The Hall–Kier alpha value is -3.14. The average Bonchev–Trinajstić information content (AvgIpc) is 3.09. The minimum Gasteiger partial charge on any atom is -0.508 e. The predicted molar refractivity (Wildman–Crippen MR) is 120 cm³/mol. The Morgan fingerprint density at radius 2 is 1.80 bits per heavy atom. The van der Waals surface area contributed by atoms with Crippen LogP contribution in [0.3, 0.4) is 0 Å². The quantitative estimate of drug-likeness (QED) is 0.479. The summed E-state index contributed by atoms with van der Waals surface area (Å²) in [6, 6.07) is 7.72. The third-order valence-corrected chi connectivity index (χ3v) is 5.48. The Labute approximate surface area is 177 Å². The summed E-state index contributed by atoms with van der Waals surface area (Å²) < 4.78 is 18.1. The molecule has 30 heavy (non-hydrogen) atoms. The first kappa shape index (κ1) is 20.1. The molecule has 1 aromatic heterocycles. The standard InChI is InChI=1S/C26H28O4/c1-15(2)6-8-17-12-20-24(13-22(17)27)29-14-21-18-10-11-23(28-5)19(9-7-16(3)4)25(18)30-26(20)21/h6-7,10-13,27H,8-9,14H2,1-5H3. The summed E-state index contributed by atoms with van der Waals surface area (Å²) in [5, 5.41) is 11.5. The largest absolute Gasteiger partial charge is 0.508 e. The van der Waals surface area contributed by atoms with E-state index in [0.717, 1.165) is 51.2 Å². The Balaban J connectivity index is 1.90. The van der Waals surface area contributed by atoms with E-state index in [0.29, 0.717) is 18.8 Å². The lowest BCUT2D eigenvalue weighted by atomic mass is 9.97. The normalized spacial score (nSPS) is 12.0. The molecule has 0 amide bonds. The predicted octanol–water partition coefficient (Wildman–Crippen LogP) is 6.72. The highest BCUT2D eigenvalue weighted by Crippen LogP contribution is 2.46. The summed E-state index contributed by atoms with van der Waals surface area (Å²) in [7, 11) is 1.69. The first-order chi connectivity index (χ1) is 14.4. The monoisotopic (exact) mass is 404 g/mol. The second-order valence-electron chi connectivity index (χ2n) is 8.27. The van der Waals surface area contributed by atoms with Crippen LogP contribution in [0.4, 0.5) is 0 Å². The van der Waals surface area contributed by atoms with Gasteiger partial charge in [0.1, 0.15) is 35.2 Å². The molecule has 0 bridgehead atoms. The molecule has 1 N–H and O–H groups in total. The number of phenolic OH excluding ortho intramolecular Hbond substituents is 1. The van der Waals surface area contributed by atoms with Gasteiger partial charge in [-0.2, -0.15) is 0 Å². The van der Waals surface area contributed by atoms with E-state index in [9.17, 15) is 5.11 Å². The summed E-state index contributed by atoms with van der Waals surface area (Å²) in [5.74, 6) is 2.54. The number of hydrogen-bond donors (Lipinski definition) is 1. The molecule has 0 spiro atoms. The third-order valence-electron chi connectivity index (χ3n) is 5.48. The fourth-order valence-electron chi connectivity index (χ4n) is 3.84. The van der Waals surface area contributed by atoms with Gasteiger partial charge in [-0.3, -0.25) is 0 Å². The number of aromatic hydroxyl groups is 1. The fourth-order valence-corrected chi connectivity index (χ4v) is 3.84. The summed E-state index contributed by atoms with van der Waals surface area (Å²) in [5.41, 5.74) is 7.12. The minimum absolute atomic E-state index is 0.247. The van der Waals surface area contributed by atoms with Gasteiger partial charge < -0.3 is 19.0 Å². The van der Waals surface area contributed by atoms with E-state index in [4.69, 9.17) is 13.9 Å². The van der Waals surface area contributed by atoms with Gasteiger partial charge in [0.2, 0.25) is 0 Å². The minimum atomic E-state index is 0.247. The number of benzene rings is 2. The molecule has 2 aromatic carbocycles. The average molecular weight is 405 g/mol. The molecule has 0 unspecified atom stereocenters. The van der Waals surface area contributed by atoms with Gasteiger partial charge in [0, 0.05) is 22.6 Å². The zero-order valence-corrected chi connectivity index (χ0v) is 18.3. The van der Waals surface area contributed by atoms with Crippen LogP contribution in [-0.4, -0.2) is 12.2 Å². The van der Waals surface area contributed by atoms with Crippen LogP contribution in [0.1, 0.15) is 44.4 Å². The molecule has 2 heterocycles. The number of allylic oxidation sites excluding steroid dienone is 4. The number of ether oxygens (including phenoxy) is 2. The van der Waals surface area contributed by atoms with Gasteiger partial charge in [0.05, 0.1) is 12.7 Å². The van der Waals surface area contributed by atoms with Crippen molar-refractivity contribution in [3.8, 4) is 28.6 Å². The van der Waals surface area contributed by atoms with Crippen molar-refractivity contribution in [3.05, 3.63) is 64.3 Å². The van der Waals surface area contributed by atoms with Gasteiger partial charge in [-0.1, -0.05) is 23.3 Å². The van der Waals surface area contributed by atoms with Crippen LogP contribution in [0.5, 0.6) is 17.2 Å². The van der Waals surface area contributed by atoms with Crippen molar-refractivity contribution in [2.45, 2.75) is 47.1 Å². The van der Waals surface area contributed by atoms with Gasteiger partial charge in [0.15, 0.2) is 0 Å². The first-order valence-corrected chi connectivity index (χ1v) is 10.3. The molecule has 3 aromatic rings. The SMILES string of the molecule is COc1ccc2c3c(oc2c1CC=C(C)C)-c1cc(CC=C(C)C)c(O)cc1OC3. The maximum absolute atomic E-state index is 10.4. The van der Waals surface area contributed by atoms with Crippen molar-refractivity contribution in [3.63, 3.8) is 0 Å². The maximum atomic E-state index is 10.4. The Kier molecular flexibility index (Phi) is 5.33. The number of phenols is 1. The molecule has 0 fully saturated rings. The Morgan fingerprint density at radius 3 is 2.50 bits per heavy atom. The van der Waals surface area contributed by atoms with E-state index in [1.807, 2.05) is 18.2 Å². The maximum Gasteiger partial charge on any atom is 0.145 e. The molecule has 0 saturated heterocycles. The van der Waals surface area contributed by atoms with Crippen molar-refractivity contribution in [1.29, 1.82) is 0 Å². The zero-order chi connectivity index (χ0) is 21.4. The highest BCUT2D eigenvalue weighted by molar-refractivity contribution is 5.93. The Morgan fingerprint density at radius 1 is 1.07 bits per heavy atom. The molecule has 0 atom stereocenters. The van der Waals surface area contributed by atoms with Gasteiger partial charge in [-0.25, -0.2) is 0 Å². The molecule has 1 aliphatic rings. The lowest BCUT2D eigenvalue weighted by Gasteiger charge is -2.18. The van der Waals surface area contributed by atoms with Gasteiger partial charge in [-0.15, -0.1) is 0 Å². The molecular weight excluding hydrogens is 376 g/mol. The van der Waals surface area contributed by atoms with Gasteiger partial charge >= 0.3 is 0 Å². The van der Waals surface area contributed by atoms with E-state index in [1.165, 1.54) is 11.1 Å². The number of furan rings is 1. The van der Waals surface area contributed by atoms with E-state index in [-0.39, 0.29) is 5.75 Å². The van der Waals surface area contributed by atoms with Crippen LogP contribution in [0.15, 0.2) is 52.0 Å². The number of hydrogen-bond acceptors (Lipinski definition) is 4. The zero-order valence-electron chi connectivity index (χ0n) is 18.3. The van der Waals surface area contributed by atoms with E-state index in [2.05, 4.69) is 39.8 Å². The third kappa shape index (κ3) is 3.58. The molecule has 1 aliphatic heterocycles. The van der Waals surface area contributed by atoms with E-state index >= 15 is 0 Å². The topological polar surface area (TPSA) is 51.8 Å².